The Kier molecular flexibility index (Phi) is 4.85. The lowest BCUT2D eigenvalue weighted by molar-refractivity contribution is 0.583. The Morgan fingerprint density at radius 3 is 2.52 bits per heavy atom. The molecule has 136 valence electrons. The lowest BCUT2D eigenvalue weighted by atomic mass is 10.2. The highest BCUT2D eigenvalue weighted by atomic mass is 32.2. The minimum Gasteiger partial charge on any atom is -0.255 e. The standard InChI is InChI=1S/C19H16N4O2S2/c24-27(25,19-10-9-18(26-19)17-4-1-2-11-20-17)22-14-15-5-7-16(8-6-15)23-13-3-12-21-23/h1-13,22H,14H2. The number of hydrogen-bond donors (Lipinski definition) is 1. The highest BCUT2D eigenvalue weighted by Gasteiger charge is 2.17. The number of rotatable bonds is 6. The van der Waals surface area contributed by atoms with E-state index in [4.69, 9.17) is 0 Å². The van der Waals surface area contributed by atoms with Crippen LogP contribution in [-0.2, 0) is 16.6 Å². The summed E-state index contributed by atoms with van der Waals surface area (Å²) in [6.45, 7) is 0.221. The molecule has 3 heterocycles. The van der Waals surface area contributed by atoms with E-state index >= 15 is 0 Å². The molecular formula is C19H16N4O2S2. The van der Waals surface area contributed by atoms with Gasteiger partial charge in [-0.25, -0.2) is 17.8 Å². The molecule has 4 aromatic rings. The van der Waals surface area contributed by atoms with Gasteiger partial charge in [0.25, 0.3) is 0 Å². The minimum absolute atomic E-state index is 0.221. The topological polar surface area (TPSA) is 76.9 Å². The SMILES string of the molecule is O=S(=O)(NCc1ccc(-n2cccn2)cc1)c1ccc(-c2ccccn2)s1. The van der Waals surface area contributed by atoms with Crippen LogP contribution in [0.15, 0.2) is 83.5 Å². The van der Waals surface area contributed by atoms with Crippen LogP contribution in [0, 0.1) is 0 Å². The first kappa shape index (κ1) is 17.6. The molecule has 1 N–H and O–H groups in total. The monoisotopic (exact) mass is 396 g/mol. The number of aromatic nitrogens is 3. The van der Waals surface area contributed by atoms with Gasteiger partial charge in [0.2, 0.25) is 10.0 Å². The summed E-state index contributed by atoms with van der Waals surface area (Å²) in [4.78, 5) is 5.07. The Bertz CT molecular complexity index is 1120. The number of thiophene rings is 1. The zero-order valence-corrected chi connectivity index (χ0v) is 15.8. The first-order valence-electron chi connectivity index (χ1n) is 8.22. The minimum atomic E-state index is -3.58. The largest absolute Gasteiger partial charge is 0.255 e. The van der Waals surface area contributed by atoms with Crippen molar-refractivity contribution in [3.8, 4) is 16.3 Å². The molecule has 0 saturated heterocycles. The van der Waals surface area contributed by atoms with Crippen LogP contribution in [0.5, 0.6) is 0 Å². The molecule has 0 unspecified atom stereocenters. The zero-order valence-electron chi connectivity index (χ0n) is 14.2. The van der Waals surface area contributed by atoms with Crippen LogP contribution in [-0.4, -0.2) is 23.2 Å². The molecule has 0 atom stereocenters. The molecule has 0 fully saturated rings. The van der Waals surface area contributed by atoms with Gasteiger partial charge in [0, 0.05) is 25.1 Å². The van der Waals surface area contributed by atoms with Crippen molar-refractivity contribution in [3.05, 3.63) is 84.8 Å². The first-order chi connectivity index (χ1) is 13.1. The van der Waals surface area contributed by atoms with Gasteiger partial charge in [0.05, 0.1) is 16.3 Å². The molecular weight excluding hydrogens is 380 g/mol. The lowest BCUT2D eigenvalue weighted by Gasteiger charge is -2.06. The van der Waals surface area contributed by atoms with Crippen LogP contribution in [0.25, 0.3) is 16.3 Å². The second-order valence-electron chi connectivity index (χ2n) is 5.78. The summed E-state index contributed by atoms with van der Waals surface area (Å²) in [5.74, 6) is 0. The van der Waals surface area contributed by atoms with E-state index in [1.807, 2.05) is 54.7 Å². The van der Waals surface area contributed by atoms with Crippen molar-refractivity contribution in [3.63, 3.8) is 0 Å². The summed E-state index contributed by atoms with van der Waals surface area (Å²) < 4.78 is 29.8. The molecule has 3 aromatic heterocycles. The normalized spacial score (nSPS) is 11.6. The van der Waals surface area contributed by atoms with E-state index in [9.17, 15) is 8.42 Å². The van der Waals surface area contributed by atoms with E-state index < -0.39 is 10.0 Å². The van der Waals surface area contributed by atoms with Gasteiger partial charge in [0.1, 0.15) is 4.21 Å². The van der Waals surface area contributed by atoms with Gasteiger partial charge >= 0.3 is 0 Å². The van der Waals surface area contributed by atoms with Crippen LogP contribution in [0.4, 0.5) is 0 Å². The van der Waals surface area contributed by atoms with E-state index in [0.29, 0.717) is 0 Å². The van der Waals surface area contributed by atoms with Crippen LogP contribution >= 0.6 is 11.3 Å². The van der Waals surface area contributed by atoms with Crippen molar-refractivity contribution < 1.29 is 8.42 Å². The van der Waals surface area contributed by atoms with E-state index in [2.05, 4.69) is 14.8 Å². The van der Waals surface area contributed by atoms with Gasteiger partial charge in [0.15, 0.2) is 0 Å². The fraction of sp³-hybridized carbons (Fsp3) is 0.0526. The number of nitrogens with zero attached hydrogens (tertiary/aromatic N) is 3. The third-order valence-corrected chi connectivity index (χ3v) is 6.94. The van der Waals surface area contributed by atoms with Crippen molar-refractivity contribution >= 4 is 21.4 Å². The molecule has 6 nitrogen and oxygen atoms in total. The molecule has 8 heteroatoms. The summed E-state index contributed by atoms with van der Waals surface area (Å²) in [5, 5.41) is 4.17. The number of benzene rings is 1. The molecule has 1 aromatic carbocycles. The molecule has 0 amide bonds. The van der Waals surface area contributed by atoms with E-state index in [1.54, 1.807) is 29.2 Å². The average molecular weight is 396 g/mol. The van der Waals surface area contributed by atoms with Gasteiger partial charge in [-0.3, -0.25) is 4.98 Å². The molecule has 0 aliphatic carbocycles. The Morgan fingerprint density at radius 2 is 1.81 bits per heavy atom. The molecule has 0 bridgehead atoms. The van der Waals surface area contributed by atoms with Crippen molar-refractivity contribution in [2.75, 3.05) is 0 Å². The van der Waals surface area contributed by atoms with Gasteiger partial charge in [-0.05, 0) is 48.0 Å². The first-order valence-corrected chi connectivity index (χ1v) is 10.5. The molecule has 0 aliphatic rings. The van der Waals surface area contributed by atoms with Crippen molar-refractivity contribution in [2.45, 2.75) is 10.8 Å². The third kappa shape index (κ3) is 3.97. The number of pyridine rings is 1. The van der Waals surface area contributed by atoms with E-state index in [0.717, 1.165) is 21.8 Å². The zero-order chi connectivity index (χ0) is 18.7. The van der Waals surface area contributed by atoms with E-state index in [1.165, 1.54) is 11.3 Å². The molecule has 4 rings (SSSR count). The van der Waals surface area contributed by atoms with Crippen molar-refractivity contribution in [1.82, 2.24) is 19.5 Å². The second kappa shape index (κ2) is 7.43. The summed E-state index contributed by atoms with van der Waals surface area (Å²) in [6.07, 6.45) is 5.25. The average Bonchev–Trinajstić information content (AvgIpc) is 3.40. The summed E-state index contributed by atoms with van der Waals surface area (Å²) in [5.41, 5.74) is 2.55. The van der Waals surface area contributed by atoms with Gasteiger partial charge in [-0.15, -0.1) is 11.3 Å². The fourth-order valence-corrected chi connectivity index (χ4v) is 4.89. The molecule has 27 heavy (non-hydrogen) atoms. The molecule has 0 spiro atoms. The van der Waals surface area contributed by atoms with Crippen LogP contribution in [0.2, 0.25) is 0 Å². The predicted octanol–water partition coefficient (Wildman–Crippen LogP) is 3.47. The molecule has 0 radical (unpaired) electrons. The Hall–Kier alpha value is -2.81. The van der Waals surface area contributed by atoms with Gasteiger partial charge in [-0.2, -0.15) is 5.10 Å². The summed E-state index contributed by atoms with van der Waals surface area (Å²) in [6, 6.07) is 18.4. The molecule has 0 aliphatic heterocycles. The Balaban J connectivity index is 1.45. The van der Waals surface area contributed by atoms with Crippen LogP contribution in [0.1, 0.15) is 5.56 Å². The highest BCUT2D eigenvalue weighted by Crippen LogP contribution is 2.29. The van der Waals surface area contributed by atoms with Crippen molar-refractivity contribution in [2.24, 2.45) is 0 Å². The second-order valence-corrected chi connectivity index (χ2v) is 8.85. The third-order valence-electron chi connectivity index (χ3n) is 3.94. The van der Waals surface area contributed by atoms with Crippen LogP contribution < -0.4 is 4.72 Å². The number of sulfonamides is 1. The Morgan fingerprint density at radius 1 is 0.963 bits per heavy atom. The van der Waals surface area contributed by atoms with Gasteiger partial charge in [-0.1, -0.05) is 18.2 Å². The predicted molar refractivity (Wildman–Crippen MR) is 105 cm³/mol. The maximum atomic E-state index is 12.6. The summed E-state index contributed by atoms with van der Waals surface area (Å²) >= 11 is 1.20. The van der Waals surface area contributed by atoms with Gasteiger partial charge < -0.3 is 0 Å². The fourth-order valence-electron chi connectivity index (χ4n) is 2.55. The quantitative estimate of drug-likeness (QED) is 0.541. The number of hydrogen-bond acceptors (Lipinski definition) is 5. The lowest BCUT2D eigenvalue weighted by Crippen LogP contribution is -2.22. The van der Waals surface area contributed by atoms with E-state index in [-0.39, 0.29) is 10.8 Å². The van der Waals surface area contributed by atoms with Crippen molar-refractivity contribution in [1.29, 1.82) is 0 Å². The summed E-state index contributed by atoms with van der Waals surface area (Å²) in [7, 11) is -3.58. The number of nitrogens with one attached hydrogen (secondary N) is 1. The molecule has 0 saturated carbocycles. The highest BCUT2D eigenvalue weighted by molar-refractivity contribution is 7.91. The Labute approximate surface area is 161 Å². The maximum Gasteiger partial charge on any atom is 0.250 e. The maximum absolute atomic E-state index is 12.6. The smallest absolute Gasteiger partial charge is 0.250 e. The van der Waals surface area contributed by atoms with Crippen LogP contribution in [0.3, 0.4) is 0 Å².